The van der Waals surface area contributed by atoms with Gasteiger partial charge in [-0.1, -0.05) is 244 Å². The lowest BCUT2D eigenvalue weighted by molar-refractivity contribution is -0.166. The maximum absolute atomic E-state index is 12.8. The first kappa shape index (κ1) is 60.6. The zero-order valence-corrected chi connectivity index (χ0v) is 41.4. The molecule has 0 saturated heterocycles. The molecule has 0 heterocycles. The van der Waals surface area contributed by atoms with Gasteiger partial charge in [0, 0.05) is 19.3 Å². The van der Waals surface area contributed by atoms with Crippen molar-refractivity contribution in [3.8, 4) is 0 Å². The predicted octanol–water partition coefficient (Wildman–Crippen LogP) is 17.1. The van der Waals surface area contributed by atoms with Crippen LogP contribution in [0.3, 0.4) is 0 Å². The van der Waals surface area contributed by atoms with E-state index in [1.807, 2.05) is 66.8 Å². The molecule has 0 spiro atoms. The molecule has 0 radical (unpaired) electrons. The van der Waals surface area contributed by atoms with Gasteiger partial charge in [0.1, 0.15) is 13.2 Å². The molecule has 1 unspecified atom stereocenters. The van der Waals surface area contributed by atoms with Crippen molar-refractivity contribution >= 4 is 17.9 Å². The second-order valence-electron chi connectivity index (χ2n) is 16.4. The van der Waals surface area contributed by atoms with Crippen LogP contribution in [0.15, 0.2) is 134 Å². The summed E-state index contributed by atoms with van der Waals surface area (Å²) in [4.78, 5) is 37.9. The van der Waals surface area contributed by atoms with Crippen LogP contribution in [0.25, 0.3) is 0 Å². The Kier molecular flexibility index (Phi) is 48.6. The van der Waals surface area contributed by atoms with Crippen LogP contribution in [0.1, 0.15) is 201 Å². The van der Waals surface area contributed by atoms with Crippen LogP contribution >= 0.6 is 0 Å². The summed E-state index contributed by atoms with van der Waals surface area (Å²) in [6.45, 7) is 6.23. The minimum atomic E-state index is -0.840. The van der Waals surface area contributed by atoms with E-state index < -0.39 is 6.10 Å². The van der Waals surface area contributed by atoms with Crippen LogP contribution < -0.4 is 0 Å². The van der Waals surface area contributed by atoms with Crippen molar-refractivity contribution in [2.75, 3.05) is 13.2 Å². The number of ether oxygens (including phenoxy) is 3. The number of unbranched alkanes of at least 4 members (excludes halogenated alkanes) is 15. The minimum absolute atomic E-state index is 0.141. The first-order valence-corrected chi connectivity index (χ1v) is 25.8. The van der Waals surface area contributed by atoms with Crippen LogP contribution in [-0.4, -0.2) is 37.2 Å². The van der Waals surface area contributed by atoms with Gasteiger partial charge in [0.2, 0.25) is 0 Å². The molecule has 0 aliphatic heterocycles. The van der Waals surface area contributed by atoms with Crippen LogP contribution in [0, 0.1) is 0 Å². The number of esters is 3. The number of rotatable bonds is 44. The highest BCUT2D eigenvalue weighted by Crippen LogP contribution is 2.14. The maximum atomic E-state index is 12.8. The highest BCUT2D eigenvalue weighted by atomic mass is 16.6. The molecule has 0 aliphatic rings. The third-order valence-electron chi connectivity index (χ3n) is 10.3. The van der Waals surface area contributed by atoms with Gasteiger partial charge < -0.3 is 14.2 Å². The second-order valence-corrected chi connectivity index (χ2v) is 16.4. The van der Waals surface area contributed by atoms with Gasteiger partial charge in [0.05, 0.1) is 0 Å². The molecule has 0 amide bonds. The summed E-state index contributed by atoms with van der Waals surface area (Å²) < 4.78 is 16.7. The van der Waals surface area contributed by atoms with Crippen molar-refractivity contribution < 1.29 is 28.6 Å². The van der Waals surface area contributed by atoms with Gasteiger partial charge in [0.25, 0.3) is 0 Å². The Morgan fingerprint density at radius 2 is 0.708 bits per heavy atom. The van der Waals surface area contributed by atoms with Crippen LogP contribution in [0.5, 0.6) is 0 Å². The Balaban J connectivity index is 4.60. The average Bonchev–Trinajstić information content (AvgIpc) is 3.30. The second kappa shape index (κ2) is 52.2. The number of carbonyl (C=O) groups excluding carboxylic acids is 3. The van der Waals surface area contributed by atoms with Gasteiger partial charge in [-0.2, -0.15) is 0 Å². The number of allylic oxidation sites excluding steroid dienone is 22. The Morgan fingerprint density at radius 3 is 1.17 bits per heavy atom. The predicted molar refractivity (Wildman–Crippen MR) is 279 cm³/mol. The third kappa shape index (κ3) is 50.4. The molecule has 6 nitrogen and oxygen atoms in total. The average molecular weight is 897 g/mol. The first-order valence-electron chi connectivity index (χ1n) is 25.8. The molecule has 6 heteroatoms. The third-order valence-corrected chi connectivity index (χ3v) is 10.3. The fourth-order valence-electron chi connectivity index (χ4n) is 6.50. The summed E-state index contributed by atoms with van der Waals surface area (Å²) in [6, 6.07) is 0. The van der Waals surface area contributed by atoms with Crippen LogP contribution in [0.4, 0.5) is 0 Å². The maximum Gasteiger partial charge on any atom is 0.306 e. The van der Waals surface area contributed by atoms with Crippen molar-refractivity contribution in [3.63, 3.8) is 0 Å². The largest absolute Gasteiger partial charge is 0.462 e. The quantitative estimate of drug-likeness (QED) is 0.0199. The van der Waals surface area contributed by atoms with Gasteiger partial charge >= 0.3 is 17.9 Å². The smallest absolute Gasteiger partial charge is 0.306 e. The molecule has 0 aromatic carbocycles. The van der Waals surface area contributed by atoms with Crippen molar-refractivity contribution in [1.29, 1.82) is 0 Å². The van der Waals surface area contributed by atoms with E-state index in [4.69, 9.17) is 14.2 Å². The molecule has 65 heavy (non-hydrogen) atoms. The van der Waals surface area contributed by atoms with E-state index in [0.717, 1.165) is 70.6 Å². The lowest BCUT2D eigenvalue weighted by Crippen LogP contribution is -2.30. The van der Waals surface area contributed by atoms with Gasteiger partial charge in [0.15, 0.2) is 6.10 Å². The zero-order chi connectivity index (χ0) is 47.2. The molecule has 0 aromatic rings. The van der Waals surface area contributed by atoms with Crippen molar-refractivity contribution in [2.24, 2.45) is 0 Å². The molecular formula is C59H92O6. The number of carbonyl (C=O) groups is 3. The van der Waals surface area contributed by atoms with Gasteiger partial charge in [-0.15, -0.1) is 0 Å². The molecule has 0 saturated carbocycles. The summed E-state index contributed by atoms with van der Waals surface area (Å²) >= 11 is 0. The van der Waals surface area contributed by atoms with Gasteiger partial charge in [-0.25, -0.2) is 0 Å². The van der Waals surface area contributed by atoms with E-state index >= 15 is 0 Å². The molecule has 0 N–H and O–H groups in total. The van der Waals surface area contributed by atoms with E-state index in [9.17, 15) is 14.4 Å². The molecule has 364 valence electrons. The van der Waals surface area contributed by atoms with E-state index in [-0.39, 0.29) is 44.0 Å². The lowest BCUT2D eigenvalue weighted by atomic mass is 10.0. The van der Waals surface area contributed by atoms with Crippen molar-refractivity contribution in [2.45, 2.75) is 207 Å². The Morgan fingerprint density at radius 1 is 0.338 bits per heavy atom. The van der Waals surface area contributed by atoms with E-state index in [1.54, 1.807) is 0 Å². The molecule has 0 rings (SSSR count). The SMILES string of the molecule is CC\C=C/C=C\C=C/C=C\C=C/CCCC(=O)OCC(COC(=O)CC/C=C\C/C=C\C/C=C\C/C=C\C/C=C\C/C=C\CC)OC(=O)CCCCCCCCCCCCCCCCC. The van der Waals surface area contributed by atoms with E-state index in [2.05, 4.69) is 87.6 Å². The molecule has 0 aliphatic carbocycles. The fourth-order valence-corrected chi connectivity index (χ4v) is 6.50. The minimum Gasteiger partial charge on any atom is -0.462 e. The number of hydrogen-bond acceptors (Lipinski definition) is 6. The summed E-state index contributed by atoms with van der Waals surface area (Å²) in [5.74, 6) is -1.10. The summed E-state index contributed by atoms with van der Waals surface area (Å²) in [5.41, 5.74) is 0. The normalized spacial score (nSPS) is 13.2. The van der Waals surface area contributed by atoms with E-state index in [0.29, 0.717) is 19.3 Å². The highest BCUT2D eigenvalue weighted by molar-refractivity contribution is 5.71. The molecule has 0 fully saturated rings. The summed E-state index contributed by atoms with van der Waals surface area (Å²) in [5, 5.41) is 0. The molecule has 0 aromatic heterocycles. The topological polar surface area (TPSA) is 78.9 Å². The van der Waals surface area contributed by atoms with Crippen LogP contribution in [-0.2, 0) is 28.6 Å². The molecule has 1 atom stereocenters. The van der Waals surface area contributed by atoms with Gasteiger partial charge in [-0.3, -0.25) is 14.4 Å². The summed E-state index contributed by atoms with van der Waals surface area (Å²) in [7, 11) is 0. The van der Waals surface area contributed by atoms with Crippen LogP contribution in [0.2, 0.25) is 0 Å². The van der Waals surface area contributed by atoms with E-state index in [1.165, 1.54) is 77.0 Å². The molecule has 0 bridgehead atoms. The summed E-state index contributed by atoms with van der Waals surface area (Å²) in [6.07, 6.45) is 73.1. The number of hydrogen-bond donors (Lipinski definition) is 0. The van der Waals surface area contributed by atoms with Gasteiger partial charge in [-0.05, 0) is 70.6 Å². The Hall–Kier alpha value is -4.45. The standard InChI is InChI=1S/C59H92O6/c1-4-7-10-13-16-19-22-25-27-28-29-30-32-34-37-40-43-46-49-52-58(61)64-55-56(54-63-57(60)51-48-45-42-39-36-33-24-21-18-15-12-9-6-3)65-59(62)53-50-47-44-41-38-35-31-26-23-20-17-14-11-8-5-2/h7,9-10,12,15-16,18-19,21,24-25,27,29-30,33-34,36-37,39,42-43,46,56H,4-6,8,11,13-14,17,20,22-23,26,28,31-32,35,38,40-41,44-45,47-55H2,1-3H3/b10-7-,12-9-,18-15-,19-16-,24-21-,27-25-,30-29-,36-33-,37-34-,42-39-,46-43-. The first-order chi connectivity index (χ1) is 32.0. The lowest BCUT2D eigenvalue weighted by Gasteiger charge is -2.18. The van der Waals surface area contributed by atoms with Crippen molar-refractivity contribution in [1.82, 2.24) is 0 Å². The zero-order valence-electron chi connectivity index (χ0n) is 41.4. The monoisotopic (exact) mass is 897 g/mol. The van der Waals surface area contributed by atoms with Crippen molar-refractivity contribution in [3.05, 3.63) is 134 Å². The highest BCUT2D eigenvalue weighted by Gasteiger charge is 2.19. The fraction of sp³-hybridized carbons (Fsp3) is 0.576. The Bertz CT molecular complexity index is 1450. The molecular weight excluding hydrogens is 805 g/mol. The Labute approximate surface area is 398 Å².